The summed E-state index contributed by atoms with van der Waals surface area (Å²) in [5, 5.41) is 0. The number of hydrogen-bond acceptors (Lipinski definition) is 4. The van der Waals surface area contributed by atoms with Crippen LogP contribution < -0.4 is 15.4 Å². The molecule has 0 atom stereocenters. The fourth-order valence-electron chi connectivity index (χ4n) is 2.35. The lowest BCUT2D eigenvalue weighted by molar-refractivity contribution is 0.241. The molecule has 0 amide bonds. The number of ether oxygens (including phenoxy) is 1. The Morgan fingerprint density at radius 1 is 1.44 bits per heavy atom. The second kappa shape index (κ2) is 6.05. The molecule has 4 nitrogen and oxygen atoms in total. The summed E-state index contributed by atoms with van der Waals surface area (Å²) in [6, 6.07) is 3.92. The molecular weight excluding hydrogens is 226 g/mol. The Kier molecular flexibility index (Phi) is 4.42. The lowest BCUT2D eigenvalue weighted by Crippen LogP contribution is -2.36. The number of hydrogen-bond donors (Lipinski definition) is 1. The van der Waals surface area contributed by atoms with Crippen LogP contribution in [0.1, 0.15) is 26.7 Å². The standard InChI is InChI=1S/C14H23N3O/c1-11(2)18-13-4-3-7-16-14(13)17-8-5-12(10-15)6-9-17/h3-4,7,11-12H,5-6,8-10,15H2,1-2H3. The van der Waals surface area contributed by atoms with E-state index < -0.39 is 0 Å². The van der Waals surface area contributed by atoms with Gasteiger partial charge in [0, 0.05) is 19.3 Å². The fourth-order valence-corrected chi connectivity index (χ4v) is 2.35. The number of aromatic nitrogens is 1. The molecule has 2 rings (SSSR count). The summed E-state index contributed by atoms with van der Waals surface area (Å²) < 4.78 is 5.82. The number of piperidine rings is 1. The van der Waals surface area contributed by atoms with E-state index in [-0.39, 0.29) is 6.10 Å². The second-order valence-electron chi connectivity index (χ2n) is 5.16. The quantitative estimate of drug-likeness (QED) is 0.887. The molecule has 0 unspecified atom stereocenters. The van der Waals surface area contributed by atoms with Crippen molar-refractivity contribution in [1.29, 1.82) is 0 Å². The van der Waals surface area contributed by atoms with Crippen molar-refractivity contribution in [1.82, 2.24) is 4.98 Å². The minimum Gasteiger partial charge on any atom is -0.487 e. The Morgan fingerprint density at radius 2 is 2.17 bits per heavy atom. The van der Waals surface area contributed by atoms with Gasteiger partial charge in [0.25, 0.3) is 0 Å². The van der Waals surface area contributed by atoms with Crippen LogP contribution in [0.2, 0.25) is 0 Å². The second-order valence-corrected chi connectivity index (χ2v) is 5.16. The third-order valence-corrected chi connectivity index (χ3v) is 3.36. The van der Waals surface area contributed by atoms with Crippen molar-refractivity contribution in [2.24, 2.45) is 11.7 Å². The highest BCUT2D eigenvalue weighted by molar-refractivity contribution is 5.52. The maximum absolute atomic E-state index is 5.82. The van der Waals surface area contributed by atoms with Crippen LogP contribution in [0.5, 0.6) is 5.75 Å². The minimum absolute atomic E-state index is 0.175. The molecule has 0 aromatic carbocycles. The first-order valence-corrected chi connectivity index (χ1v) is 6.77. The Labute approximate surface area is 109 Å². The zero-order valence-corrected chi connectivity index (χ0v) is 11.3. The molecule has 0 bridgehead atoms. The SMILES string of the molecule is CC(C)Oc1cccnc1N1CCC(CN)CC1. The van der Waals surface area contributed by atoms with Crippen LogP contribution in [0, 0.1) is 5.92 Å². The highest BCUT2D eigenvalue weighted by atomic mass is 16.5. The van der Waals surface area contributed by atoms with Crippen molar-refractivity contribution in [2.75, 3.05) is 24.5 Å². The summed E-state index contributed by atoms with van der Waals surface area (Å²) in [5.41, 5.74) is 5.72. The molecule has 1 aromatic rings. The van der Waals surface area contributed by atoms with Gasteiger partial charge in [-0.15, -0.1) is 0 Å². The summed E-state index contributed by atoms with van der Waals surface area (Å²) in [6.45, 7) is 6.92. The molecule has 100 valence electrons. The Balaban J connectivity index is 2.08. The van der Waals surface area contributed by atoms with E-state index in [1.54, 1.807) is 0 Å². The van der Waals surface area contributed by atoms with E-state index >= 15 is 0 Å². The summed E-state index contributed by atoms with van der Waals surface area (Å²) in [5.74, 6) is 2.53. The Bertz CT molecular complexity index is 373. The van der Waals surface area contributed by atoms with Gasteiger partial charge in [0.15, 0.2) is 11.6 Å². The van der Waals surface area contributed by atoms with E-state index in [1.807, 2.05) is 32.2 Å². The van der Waals surface area contributed by atoms with Gasteiger partial charge in [-0.05, 0) is 51.3 Å². The lowest BCUT2D eigenvalue weighted by atomic mass is 9.97. The first-order valence-electron chi connectivity index (χ1n) is 6.77. The highest BCUT2D eigenvalue weighted by Gasteiger charge is 2.21. The van der Waals surface area contributed by atoms with E-state index in [0.717, 1.165) is 44.0 Å². The van der Waals surface area contributed by atoms with Crippen molar-refractivity contribution in [3.8, 4) is 5.75 Å². The van der Waals surface area contributed by atoms with Crippen molar-refractivity contribution < 1.29 is 4.74 Å². The summed E-state index contributed by atoms with van der Waals surface area (Å²) in [4.78, 5) is 6.79. The lowest BCUT2D eigenvalue weighted by Gasteiger charge is -2.33. The van der Waals surface area contributed by atoms with E-state index in [1.165, 1.54) is 0 Å². The topological polar surface area (TPSA) is 51.4 Å². The normalized spacial score (nSPS) is 17.2. The van der Waals surface area contributed by atoms with Gasteiger partial charge in [-0.2, -0.15) is 0 Å². The predicted octanol–water partition coefficient (Wildman–Crippen LogP) is 2.04. The molecule has 0 spiro atoms. The van der Waals surface area contributed by atoms with Crippen LogP contribution >= 0.6 is 0 Å². The molecule has 4 heteroatoms. The van der Waals surface area contributed by atoms with Crippen molar-refractivity contribution in [3.63, 3.8) is 0 Å². The van der Waals surface area contributed by atoms with Gasteiger partial charge in [0.2, 0.25) is 0 Å². The molecule has 0 radical (unpaired) electrons. The molecule has 0 aliphatic carbocycles. The van der Waals surface area contributed by atoms with Crippen molar-refractivity contribution in [2.45, 2.75) is 32.8 Å². The van der Waals surface area contributed by atoms with Crippen molar-refractivity contribution in [3.05, 3.63) is 18.3 Å². The highest BCUT2D eigenvalue weighted by Crippen LogP contribution is 2.29. The molecule has 18 heavy (non-hydrogen) atoms. The molecular formula is C14H23N3O. The van der Waals surface area contributed by atoms with Gasteiger partial charge < -0.3 is 15.4 Å². The van der Waals surface area contributed by atoms with Gasteiger partial charge >= 0.3 is 0 Å². The van der Waals surface area contributed by atoms with E-state index in [9.17, 15) is 0 Å². The van der Waals surface area contributed by atoms with Crippen LogP contribution in [0.25, 0.3) is 0 Å². The number of anilines is 1. The molecule has 1 aromatic heterocycles. The molecule has 2 heterocycles. The summed E-state index contributed by atoms with van der Waals surface area (Å²) >= 11 is 0. The number of pyridine rings is 1. The fraction of sp³-hybridized carbons (Fsp3) is 0.643. The van der Waals surface area contributed by atoms with Gasteiger partial charge in [0.05, 0.1) is 6.10 Å². The molecule has 1 saturated heterocycles. The summed E-state index contributed by atoms with van der Waals surface area (Å²) in [7, 11) is 0. The zero-order valence-electron chi connectivity index (χ0n) is 11.3. The molecule has 1 aliphatic rings. The van der Waals surface area contributed by atoms with Crippen LogP contribution in [0.15, 0.2) is 18.3 Å². The smallest absolute Gasteiger partial charge is 0.171 e. The van der Waals surface area contributed by atoms with Gasteiger partial charge in [-0.25, -0.2) is 4.98 Å². The average molecular weight is 249 g/mol. The van der Waals surface area contributed by atoms with Gasteiger partial charge in [0.1, 0.15) is 0 Å². The van der Waals surface area contributed by atoms with Gasteiger partial charge in [-0.1, -0.05) is 0 Å². The minimum atomic E-state index is 0.175. The zero-order chi connectivity index (χ0) is 13.0. The van der Waals surface area contributed by atoms with Crippen LogP contribution in [0.4, 0.5) is 5.82 Å². The maximum Gasteiger partial charge on any atom is 0.171 e. The third-order valence-electron chi connectivity index (χ3n) is 3.36. The number of nitrogens with two attached hydrogens (primary N) is 1. The molecule has 1 fully saturated rings. The van der Waals surface area contributed by atoms with Crippen molar-refractivity contribution >= 4 is 5.82 Å². The van der Waals surface area contributed by atoms with Crippen LogP contribution in [-0.2, 0) is 0 Å². The van der Waals surface area contributed by atoms with Crippen LogP contribution in [-0.4, -0.2) is 30.7 Å². The monoisotopic (exact) mass is 249 g/mol. The third kappa shape index (κ3) is 3.13. The summed E-state index contributed by atoms with van der Waals surface area (Å²) in [6.07, 6.45) is 4.30. The average Bonchev–Trinajstić information content (AvgIpc) is 2.39. The number of rotatable bonds is 4. The Morgan fingerprint density at radius 3 is 2.78 bits per heavy atom. The van der Waals surface area contributed by atoms with E-state index in [2.05, 4.69) is 9.88 Å². The number of nitrogens with zero attached hydrogens (tertiary/aromatic N) is 2. The largest absolute Gasteiger partial charge is 0.487 e. The molecule has 2 N–H and O–H groups in total. The Hall–Kier alpha value is -1.29. The maximum atomic E-state index is 5.82. The van der Waals surface area contributed by atoms with E-state index in [4.69, 9.17) is 10.5 Å². The molecule has 0 saturated carbocycles. The van der Waals surface area contributed by atoms with Crippen LogP contribution in [0.3, 0.4) is 0 Å². The predicted molar refractivity (Wildman–Crippen MR) is 74.0 cm³/mol. The first-order chi connectivity index (χ1) is 8.70. The molecule has 1 aliphatic heterocycles. The van der Waals surface area contributed by atoms with E-state index in [0.29, 0.717) is 5.92 Å². The van der Waals surface area contributed by atoms with Gasteiger partial charge in [-0.3, -0.25) is 0 Å². The first kappa shape index (κ1) is 13.1.